The normalized spacial score (nSPS) is 11.8. The van der Waals surface area contributed by atoms with Gasteiger partial charge in [0.05, 0.1) is 22.2 Å². The molecule has 0 bridgehead atoms. The minimum atomic E-state index is 1.04. The first kappa shape index (κ1) is 25.8. The minimum absolute atomic E-state index is 1.04. The SMILES string of the molecule is C=Cc1c(/C=C\C)c2cc(-c3ccc4c(c3)c3ccccc3n4-c3cc(Br)cc(Br)c3)ccc2n1-c1ccccc1. The number of allylic oxidation sites excluding steroid dienone is 1. The van der Waals surface area contributed by atoms with Crippen LogP contribution in [-0.4, -0.2) is 9.13 Å². The summed E-state index contributed by atoms with van der Waals surface area (Å²) in [6, 6.07) is 39.2. The maximum absolute atomic E-state index is 4.17. The van der Waals surface area contributed by atoms with Gasteiger partial charge in [0.15, 0.2) is 0 Å². The van der Waals surface area contributed by atoms with Gasteiger partial charge in [-0.1, -0.05) is 99.1 Å². The summed E-state index contributed by atoms with van der Waals surface area (Å²) in [6.45, 7) is 6.24. The van der Waals surface area contributed by atoms with Crippen molar-refractivity contribution in [2.24, 2.45) is 0 Å². The van der Waals surface area contributed by atoms with Crippen molar-refractivity contribution in [2.75, 3.05) is 0 Å². The quantitative estimate of drug-likeness (QED) is 0.174. The van der Waals surface area contributed by atoms with Gasteiger partial charge in [-0.05, 0) is 84.8 Å². The fraction of sp³-hybridized carbons (Fsp3) is 0.0270. The lowest BCUT2D eigenvalue weighted by Crippen LogP contribution is -1.96. The van der Waals surface area contributed by atoms with E-state index in [4.69, 9.17) is 0 Å². The molecule has 0 atom stereocenters. The van der Waals surface area contributed by atoms with Crippen molar-refractivity contribution < 1.29 is 0 Å². The summed E-state index contributed by atoms with van der Waals surface area (Å²) in [6.07, 6.45) is 6.25. The van der Waals surface area contributed by atoms with E-state index in [2.05, 4.69) is 176 Å². The predicted octanol–water partition coefficient (Wildman–Crippen LogP) is 11.6. The zero-order valence-corrected chi connectivity index (χ0v) is 25.7. The number of benzene rings is 5. The number of rotatable bonds is 5. The van der Waals surface area contributed by atoms with E-state index in [0.717, 1.165) is 26.0 Å². The van der Waals surface area contributed by atoms with Crippen molar-refractivity contribution >= 4 is 76.7 Å². The van der Waals surface area contributed by atoms with Crippen LogP contribution in [0.1, 0.15) is 18.2 Å². The minimum Gasteiger partial charge on any atom is -0.309 e. The molecule has 2 aromatic heterocycles. The number of aromatic nitrogens is 2. The maximum atomic E-state index is 4.17. The molecule has 4 heteroatoms. The van der Waals surface area contributed by atoms with E-state index < -0.39 is 0 Å². The summed E-state index contributed by atoms with van der Waals surface area (Å²) in [5.74, 6) is 0. The van der Waals surface area contributed by atoms with E-state index in [1.54, 1.807) is 0 Å². The van der Waals surface area contributed by atoms with Crippen molar-refractivity contribution in [2.45, 2.75) is 6.92 Å². The van der Waals surface area contributed by atoms with Crippen molar-refractivity contribution in [3.8, 4) is 22.5 Å². The van der Waals surface area contributed by atoms with E-state index in [0.29, 0.717) is 0 Å². The summed E-state index contributed by atoms with van der Waals surface area (Å²) in [5.41, 5.74) is 10.4. The van der Waals surface area contributed by atoms with Crippen molar-refractivity contribution in [3.63, 3.8) is 0 Å². The Balaban J connectivity index is 1.46. The lowest BCUT2D eigenvalue weighted by molar-refractivity contribution is 1.11. The lowest BCUT2D eigenvalue weighted by Gasteiger charge is -2.10. The van der Waals surface area contributed by atoms with Crippen LogP contribution < -0.4 is 0 Å². The molecule has 0 unspecified atom stereocenters. The Morgan fingerprint density at radius 2 is 1.20 bits per heavy atom. The number of hydrogen-bond donors (Lipinski definition) is 0. The van der Waals surface area contributed by atoms with Crippen molar-refractivity contribution in [1.82, 2.24) is 9.13 Å². The molecule has 7 aromatic rings. The Hall–Kier alpha value is -4.12. The van der Waals surface area contributed by atoms with Gasteiger partial charge in [-0.3, -0.25) is 0 Å². The second-order valence-electron chi connectivity index (χ2n) is 10.1. The van der Waals surface area contributed by atoms with Crippen molar-refractivity contribution in [1.29, 1.82) is 0 Å². The Kier molecular flexibility index (Phi) is 6.53. The molecule has 0 saturated heterocycles. The molecule has 0 aliphatic rings. The highest BCUT2D eigenvalue weighted by molar-refractivity contribution is 9.11. The first-order chi connectivity index (χ1) is 20.1. The third-order valence-corrected chi connectivity index (χ3v) is 8.61. The largest absolute Gasteiger partial charge is 0.309 e. The van der Waals surface area contributed by atoms with Crippen LogP contribution in [0.25, 0.3) is 67.4 Å². The van der Waals surface area contributed by atoms with E-state index in [1.807, 2.05) is 6.08 Å². The number of nitrogens with zero attached hydrogens (tertiary/aromatic N) is 2. The highest BCUT2D eigenvalue weighted by Gasteiger charge is 2.17. The zero-order chi connectivity index (χ0) is 28.1. The van der Waals surface area contributed by atoms with Gasteiger partial charge in [0.25, 0.3) is 0 Å². The average Bonchev–Trinajstić information content (AvgIpc) is 3.49. The molecular weight excluding hydrogens is 632 g/mol. The van der Waals surface area contributed by atoms with Crippen LogP contribution in [-0.2, 0) is 0 Å². The summed E-state index contributed by atoms with van der Waals surface area (Å²) in [7, 11) is 0. The molecular formula is C37H26Br2N2. The number of para-hydroxylation sites is 2. The highest BCUT2D eigenvalue weighted by atomic mass is 79.9. The van der Waals surface area contributed by atoms with Gasteiger partial charge in [-0.25, -0.2) is 0 Å². The molecule has 41 heavy (non-hydrogen) atoms. The van der Waals surface area contributed by atoms with E-state index >= 15 is 0 Å². The van der Waals surface area contributed by atoms with Gasteiger partial charge in [-0.15, -0.1) is 0 Å². The third kappa shape index (κ3) is 4.30. The summed E-state index contributed by atoms with van der Waals surface area (Å²) in [4.78, 5) is 0. The second kappa shape index (κ2) is 10.4. The van der Waals surface area contributed by atoms with Crippen LogP contribution in [0.4, 0.5) is 0 Å². The molecule has 0 spiro atoms. The molecule has 0 radical (unpaired) electrons. The van der Waals surface area contributed by atoms with Crippen LogP contribution in [0.15, 0.2) is 131 Å². The average molecular weight is 658 g/mol. The van der Waals surface area contributed by atoms with Crippen molar-refractivity contribution in [3.05, 3.63) is 142 Å². The molecule has 5 aromatic carbocycles. The van der Waals surface area contributed by atoms with Crippen LogP contribution in [0.2, 0.25) is 0 Å². The molecule has 0 amide bonds. The number of hydrogen-bond acceptors (Lipinski definition) is 0. The number of halogens is 2. The molecule has 0 saturated carbocycles. The Bertz CT molecular complexity index is 2130. The van der Waals surface area contributed by atoms with Gasteiger partial charge >= 0.3 is 0 Å². The Morgan fingerprint density at radius 3 is 1.88 bits per heavy atom. The van der Waals surface area contributed by atoms with Crippen LogP contribution in [0, 0.1) is 0 Å². The lowest BCUT2D eigenvalue weighted by atomic mass is 10.00. The molecule has 2 nitrogen and oxygen atoms in total. The van der Waals surface area contributed by atoms with Crippen LogP contribution >= 0.6 is 31.9 Å². The smallest absolute Gasteiger partial charge is 0.0541 e. The van der Waals surface area contributed by atoms with Gasteiger partial charge in [0, 0.05) is 42.0 Å². The fourth-order valence-electron chi connectivity index (χ4n) is 6.01. The molecule has 0 aliphatic heterocycles. The summed E-state index contributed by atoms with van der Waals surface area (Å²) < 4.78 is 6.72. The van der Waals surface area contributed by atoms with Gasteiger partial charge < -0.3 is 9.13 Å². The van der Waals surface area contributed by atoms with E-state index in [-0.39, 0.29) is 0 Å². The summed E-state index contributed by atoms with van der Waals surface area (Å²) >= 11 is 7.35. The topological polar surface area (TPSA) is 9.86 Å². The van der Waals surface area contributed by atoms with Gasteiger partial charge in [0.1, 0.15) is 0 Å². The van der Waals surface area contributed by atoms with E-state index in [1.165, 1.54) is 49.4 Å². The van der Waals surface area contributed by atoms with Crippen LogP contribution in [0.3, 0.4) is 0 Å². The fourth-order valence-corrected chi connectivity index (χ4v) is 7.28. The first-order valence-electron chi connectivity index (χ1n) is 13.6. The zero-order valence-electron chi connectivity index (χ0n) is 22.5. The van der Waals surface area contributed by atoms with Gasteiger partial charge in [-0.2, -0.15) is 0 Å². The number of fused-ring (bicyclic) bond motifs is 4. The Morgan fingerprint density at radius 1 is 0.585 bits per heavy atom. The standard InChI is InChI=1S/C37H26Br2N2/c1-3-10-30-32-19-24(15-17-36(32)40(34(30)4-2)28-11-6-5-7-12-28)25-16-18-37-33(20-25)31-13-8-9-14-35(31)41(37)29-22-26(38)21-27(39)23-29/h3-23H,2H2,1H3/b10-3-. The van der Waals surface area contributed by atoms with E-state index in [9.17, 15) is 0 Å². The highest BCUT2D eigenvalue weighted by Crippen LogP contribution is 2.38. The Labute approximate surface area is 256 Å². The monoisotopic (exact) mass is 656 g/mol. The van der Waals surface area contributed by atoms with Gasteiger partial charge in [0.2, 0.25) is 0 Å². The third-order valence-electron chi connectivity index (χ3n) is 7.70. The summed E-state index contributed by atoms with van der Waals surface area (Å²) in [5, 5.41) is 3.68. The maximum Gasteiger partial charge on any atom is 0.0541 e. The van der Waals surface area contributed by atoms with Crippen LogP contribution in [0.5, 0.6) is 0 Å². The second-order valence-corrected chi connectivity index (χ2v) is 11.9. The molecule has 7 rings (SSSR count). The molecule has 0 N–H and O–H groups in total. The molecule has 0 aliphatic carbocycles. The molecule has 2 heterocycles. The first-order valence-corrected chi connectivity index (χ1v) is 15.1. The molecule has 198 valence electrons. The molecule has 0 fully saturated rings. The predicted molar refractivity (Wildman–Crippen MR) is 183 cm³/mol.